The van der Waals surface area contributed by atoms with E-state index in [1.165, 1.54) is 9.79 Å². The van der Waals surface area contributed by atoms with Crippen LogP contribution < -0.4 is 0 Å². The molecule has 0 unspecified atom stereocenters. The van der Waals surface area contributed by atoms with Crippen molar-refractivity contribution < 1.29 is 0 Å². The molecule has 0 radical (unpaired) electrons. The second kappa shape index (κ2) is 7.22. The molecule has 0 atom stereocenters. The lowest BCUT2D eigenvalue weighted by Crippen LogP contribution is -1.63. The van der Waals surface area contributed by atoms with Crippen LogP contribution in [0.3, 0.4) is 0 Å². The fourth-order valence-corrected chi connectivity index (χ4v) is 6.53. The van der Waals surface area contributed by atoms with Crippen molar-refractivity contribution >= 4 is 41.2 Å². The maximum Gasteiger partial charge on any atom is 0.0191 e. The summed E-state index contributed by atoms with van der Waals surface area (Å²) in [7, 11) is 7.19. The molecule has 0 nitrogen and oxygen atoms in total. The third-order valence-electron chi connectivity index (χ3n) is 1.77. The van der Waals surface area contributed by atoms with Gasteiger partial charge >= 0.3 is 0 Å². The maximum atomic E-state index is 2.13. The molecule has 2 aromatic carbocycles. The van der Waals surface area contributed by atoms with Crippen molar-refractivity contribution in [3.8, 4) is 0 Å². The lowest BCUT2D eigenvalue weighted by Gasteiger charge is -1.99. The molecule has 0 aliphatic carbocycles. The number of hydrogen-bond acceptors (Lipinski definition) is 4. The quantitative estimate of drug-likeness (QED) is 0.503. The minimum Gasteiger partial charge on any atom is -0.0622 e. The largest absolute Gasteiger partial charge is 0.0622 e. The van der Waals surface area contributed by atoms with E-state index in [0.717, 1.165) is 0 Å². The highest BCUT2D eigenvalue weighted by atomic mass is 33.7. The molecule has 16 heavy (non-hydrogen) atoms. The Kier molecular flexibility index (Phi) is 5.55. The van der Waals surface area contributed by atoms with Gasteiger partial charge in [0.25, 0.3) is 0 Å². The van der Waals surface area contributed by atoms with Crippen LogP contribution in [0.4, 0.5) is 0 Å². The molecule has 0 amide bonds. The van der Waals surface area contributed by atoms with Crippen LogP contribution in [0.2, 0.25) is 0 Å². The zero-order chi connectivity index (χ0) is 11.1. The van der Waals surface area contributed by atoms with E-state index in [4.69, 9.17) is 0 Å². The zero-order valence-electron chi connectivity index (χ0n) is 8.41. The summed E-state index contributed by atoms with van der Waals surface area (Å²) < 4.78 is 0. The molecule has 0 fully saturated rings. The van der Waals surface area contributed by atoms with Gasteiger partial charge in [0, 0.05) is 9.79 Å². The summed E-state index contributed by atoms with van der Waals surface area (Å²) in [5.41, 5.74) is 0. The molecule has 2 rings (SSSR count). The minimum absolute atomic E-state index is 1.30. The topological polar surface area (TPSA) is 0 Å². The average molecular weight is 282 g/mol. The number of rotatable bonds is 5. The third kappa shape index (κ3) is 4.37. The summed E-state index contributed by atoms with van der Waals surface area (Å²) in [4.78, 5) is 2.60. The minimum atomic E-state index is 1.30. The van der Waals surface area contributed by atoms with Crippen molar-refractivity contribution in [3.63, 3.8) is 0 Å². The van der Waals surface area contributed by atoms with Crippen LogP contribution in [0.25, 0.3) is 0 Å². The summed E-state index contributed by atoms with van der Waals surface area (Å²) in [5.74, 6) is 0. The Balaban J connectivity index is 1.70. The van der Waals surface area contributed by atoms with E-state index < -0.39 is 0 Å². The fourth-order valence-electron chi connectivity index (χ4n) is 1.06. The molecule has 0 aliphatic rings. The van der Waals surface area contributed by atoms with Gasteiger partial charge in [-0.3, -0.25) is 0 Å². The van der Waals surface area contributed by atoms with E-state index >= 15 is 0 Å². The molecule has 0 heterocycles. The Bertz CT molecular complexity index is 360. The second-order valence-electron chi connectivity index (χ2n) is 2.93. The molecule has 0 bridgehead atoms. The highest BCUT2D eigenvalue weighted by molar-refractivity contribution is 9.26. The van der Waals surface area contributed by atoms with Crippen LogP contribution >= 0.6 is 41.2 Å². The van der Waals surface area contributed by atoms with Gasteiger partial charge in [-0.1, -0.05) is 36.4 Å². The first kappa shape index (κ1) is 12.3. The summed E-state index contributed by atoms with van der Waals surface area (Å²) in [5, 5.41) is 0. The lowest BCUT2D eigenvalue weighted by molar-refractivity contribution is 1.48. The Morgan fingerprint density at radius 1 is 0.500 bits per heavy atom. The molecular weight excluding hydrogens is 272 g/mol. The molecule has 0 spiro atoms. The van der Waals surface area contributed by atoms with Crippen LogP contribution in [0.5, 0.6) is 0 Å². The van der Waals surface area contributed by atoms with Crippen LogP contribution in [-0.4, -0.2) is 0 Å². The van der Waals surface area contributed by atoms with E-state index in [1.807, 2.05) is 12.1 Å². The first-order valence-corrected chi connectivity index (χ1v) is 9.55. The highest BCUT2D eigenvalue weighted by Gasteiger charge is 1.96. The smallest absolute Gasteiger partial charge is 0.0191 e. The molecule has 4 heteroatoms. The van der Waals surface area contributed by atoms with Gasteiger partial charge < -0.3 is 0 Å². The van der Waals surface area contributed by atoms with Crippen molar-refractivity contribution in [1.29, 1.82) is 0 Å². The Morgan fingerprint density at radius 2 is 0.875 bits per heavy atom. The second-order valence-corrected chi connectivity index (χ2v) is 8.74. The van der Waals surface area contributed by atoms with Crippen molar-refractivity contribution in [2.24, 2.45) is 0 Å². The first-order valence-electron chi connectivity index (χ1n) is 4.73. The van der Waals surface area contributed by atoms with Gasteiger partial charge in [0.15, 0.2) is 0 Å². The van der Waals surface area contributed by atoms with Crippen molar-refractivity contribution in [1.82, 2.24) is 0 Å². The van der Waals surface area contributed by atoms with Gasteiger partial charge in [-0.05, 0) is 65.5 Å². The molecule has 0 aliphatic heterocycles. The van der Waals surface area contributed by atoms with Crippen molar-refractivity contribution in [2.45, 2.75) is 9.79 Å². The maximum absolute atomic E-state index is 2.13. The van der Waals surface area contributed by atoms with E-state index in [9.17, 15) is 0 Å². The highest BCUT2D eigenvalue weighted by Crippen LogP contribution is 2.48. The number of benzene rings is 2. The normalized spacial score (nSPS) is 10.2. The molecular formula is C12H10S4. The Labute approximate surface area is 111 Å². The van der Waals surface area contributed by atoms with Crippen LogP contribution in [-0.2, 0) is 0 Å². The molecule has 0 N–H and O–H groups in total. The Hall–Kier alpha value is -0.160. The summed E-state index contributed by atoms with van der Waals surface area (Å²) >= 11 is 0. The van der Waals surface area contributed by atoms with Gasteiger partial charge in [0.2, 0.25) is 0 Å². The van der Waals surface area contributed by atoms with Gasteiger partial charge in [-0.2, -0.15) is 0 Å². The average Bonchev–Trinajstić information content (AvgIpc) is 2.37. The van der Waals surface area contributed by atoms with Crippen LogP contribution in [0, 0.1) is 0 Å². The van der Waals surface area contributed by atoms with Gasteiger partial charge in [0.05, 0.1) is 0 Å². The number of hydrogen-bond donors (Lipinski definition) is 0. The first-order chi connectivity index (χ1) is 7.95. The molecule has 2 aromatic rings. The van der Waals surface area contributed by atoms with E-state index in [-0.39, 0.29) is 0 Å². The van der Waals surface area contributed by atoms with Crippen LogP contribution in [0.1, 0.15) is 0 Å². The van der Waals surface area contributed by atoms with Gasteiger partial charge in [0.1, 0.15) is 0 Å². The van der Waals surface area contributed by atoms with Gasteiger partial charge in [-0.25, -0.2) is 0 Å². The lowest BCUT2D eigenvalue weighted by atomic mass is 10.4. The predicted octanol–water partition coefficient (Wildman–Crippen LogP) is 5.78. The monoisotopic (exact) mass is 282 g/mol. The van der Waals surface area contributed by atoms with E-state index in [0.29, 0.717) is 0 Å². The predicted molar refractivity (Wildman–Crippen MR) is 79.8 cm³/mol. The molecule has 82 valence electrons. The van der Waals surface area contributed by atoms with E-state index in [1.54, 1.807) is 41.2 Å². The van der Waals surface area contributed by atoms with Gasteiger partial charge in [-0.15, -0.1) is 0 Å². The fraction of sp³-hybridized carbons (Fsp3) is 0. The van der Waals surface area contributed by atoms with Crippen molar-refractivity contribution in [2.75, 3.05) is 0 Å². The standard InChI is InChI=1S/C12H10S4/c1-3-7-11(8-4-1)13-15-16-14-12-9-5-2-6-10-12/h1-10H. The Morgan fingerprint density at radius 3 is 1.25 bits per heavy atom. The SMILES string of the molecule is c1ccc(SSSSc2ccccc2)cc1. The summed E-state index contributed by atoms with van der Waals surface area (Å²) in [6.07, 6.45) is 0. The van der Waals surface area contributed by atoms with Crippen molar-refractivity contribution in [3.05, 3.63) is 60.7 Å². The zero-order valence-corrected chi connectivity index (χ0v) is 11.7. The van der Waals surface area contributed by atoms with E-state index in [2.05, 4.69) is 48.5 Å². The summed E-state index contributed by atoms with van der Waals surface area (Å²) in [6, 6.07) is 20.9. The molecule has 0 saturated heterocycles. The molecule has 0 saturated carbocycles. The third-order valence-corrected chi connectivity index (χ3v) is 7.85. The summed E-state index contributed by atoms with van der Waals surface area (Å²) in [6.45, 7) is 0. The van der Waals surface area contributed by atoms with Crippen LogP contribution in [0.15, 0.2) is 70.5 Å². The molecule has 0 aromatic heterocycles.